The summed E-state index contributed by atoms with van der Waals surface area (Å²) in [6.45, 7) is 4.88. The number of halogens is 1. The van der Waals surface area contributed by atoms with Crippen molar-refractivity contribution in [2.45, 2.75) is 13.3 Å². The van der Waals surface area contributed by atoms with Crippen LogP contribution in [0.5, 0.6) is 5.88 Å². The third-order valence-corrected chi connectivity index (χ3v) is 5.18. The highest BCUT2D eigenvalue weighted by molar-refractivity contribution is 9.10. The van der Waals surface area contributed by atoms with Gasteiger partial charge in [0.1, 0.15) is 4.60 Å². The Morgan fingerprint density at radius 1 is 1.09 bits per heavy atom. The first-order chi connectivity index (χ1) is 11.2. The van der Waals surface area contributed by atoms with Gasteiger partial charge in [0.15, 0.2) is 0 Å². The predicted molar refractivity (Wildman–Crippen MR) is 89.3 cm³/mol. The normalized spacial score (nSPS) is 25.3. The molecule has 23 heavy (non-hydrogen) atoms. The van der Waals surface area contributed by atoms with Gasteiger partial charge in [-0.15, -0.1) is 0 Å². The molecule has 7 heteroatoms. The lowest BCUT2D eigenvalue weighted by molar-refractivity contribution is 0.271. The number of ether oxygens (including phenoxy) is 1. The lowest BCUT2D eigenvalue weighted by Crippen LogP contribution is -2.27. The Hall–Kier alpha value is -1.76. The molecule has 0 radical (unpaired) electrons. The van der Waals surface area contributed by atoms with Crippen molar-refractivity contribution in [3.8, 4) is 5.88 Å². The second-order valence-electron chi connectivity index (χ2n) is 6.13. The summed E-state index contributed by atoms with van der Waals surface area (Å²) in [5.41, 5.74) is 1.18. The van der Waals surface area contributed by atoms with Crippen LogP contribution in [0.4, 0.5) is 5.95 Å². The topological polar surface area (TPSA) is 64.0 Å². The SMILES string of the molecule is CCc1cnc(N2C[C@@H]3C(COc4cnc(Br)cn4)[C@@H]3C2)nc1. The molecule has 1 unspecified atom stereocenters. The highest BCUT2D eigenvalue weighted by Crippen LogP contribution is 2.52. The number of anilines is 1. The number of nitrogens with zero attached hydrogens (tertiary/aromatic N) is 5. The van der Waals surface area contributed by atoms with E-state index in [-0.39, 0.29) is 0 Å². The van der Waals surface area contributed by atoms with E-state index in [1.165, 1.54) is 5.56 Å². The average molecular weight is 376 g/mol. The number of aryl methyl sites for hydroxylation is 1. The standard InChI is InChI=1S/C16H18BrN5O/c1-2-10-3-20-16(21-4-10)22-7-11-12(8-22)13(11)9-23-15-6-18-14(17)5-19-15/h3-6,11-13H,2,7-9H2,1H3/t11-,12+,13?. The molecule has 0 spiro atoms. The van der Waals surface area contributed by atoms with E-state index in [4.69, 9.17) is 4.74 Å². The molecule has 4 rings (SSSR count). The third kappa shape index (κ3) is 3.02. The number of hydrogen-bond donors (Lipinski definition) is 0. The van der Waals surface area contributed by atoms with Crippen molar-refractivity contribution < 1.29 is 4.74 Å². The summed E-state index contributed by atoms with van der Waals surface area (Å²) in [6.07, 6.45) is 8.14. The van der Waals surface area contributed by atoms with Crippen molar-refractivity contribution in [2.24, 2.45) is 17.8 Å². The van der Waals surface area contributed by atoms with Crippen LogP contribution >= 0.6 is 15.9 Å². The van der Waals surface area contributed by atoms with Crippen LogP contribution in [-0.2, 0) is 6.42 Å². The maximum atomic E-state index is 5.75. The Morgan fingerprint density at radius 2 is 1.83 bits per heavy atom. The number of fused-ring (bicyclic) bond motifs is 1. The van der Waals surface area contributed by atoms with Crippen molar-refractivity contribution in [3.63, 3.8) is 0 Å². The molecule has 1 saturated carbocycles. The largest absolute Gasteiger partial charge is 0.476 e. The minimum atomic E-state index is 0.591. The quantitative estimate of drug-likeness (QED) is 0.798. The van der Waals surface area contributed by atoms with E-state index >= 15 is 0 Å². The van der Waals surface area contributed by atoms with Crippen LogP contribution in [-0.4, -0.2) is 39.6 Å². The molecule has 3 heterocycles. The summed E-state index contributed by atoms with van der Waals surface area (Å²) >= 11 is 3.27. The van der Waals surface area contributed by atoms with Crippen molar-refractivity contribution in [3.05, 3.63) is 35.0 Å². The van der Waals surface area contributed by atoms with E-state index < -0.39 is 0 Å². The molecule has 1 aliphatic carbocycles. The van der Waals surface area contributed by atoms with Gasteiger partial charge in [0.05, 0.1) is 19.0 Å². The second-order valence-corrected chi connectivity index (χ2v) is 6.94. The lowest BCUT2D eigenvalue weighted by atomic mass is 10.3. The van der Waals surface area contributed by atoms with Gasteiger partial charge >= 0.3 is 0 Å². The van der Waals surface area contributed by atoms with Gasteiger partial charge in [0.25, 0.3) is 0 Å². The van der Waals surface area contributed by atoms with E-state index in [0.717, 1.165) is 36.7 Å². The highest BCUT2D eigenvalue weighted by Gasteiger charge is 2.56. The Balaban J connectivity index is 1.28. The molecule has 2 aromatic heterocycles. The van der Waals surface area contributed by atoms with Crippen LogP contribution in [0.3, 0.4) is 0 Å². The van der Waals surface area contributed by atoms with Crippen LogP contribution in [0.2, 0.25) is 0 Å². The van der Waals surface area contributed by atoms with Gasteiger partial charge in [0, 0.05) is 31.4 Å². The van der Waals surface area contributed by atoms with Gasteiger partial charge in [-0.05, 0) is 39.8 Å². The fourth-order valence-corrected chi connectivity index (χ4v) is 3.52. The van der Waals surface area contributed by atoms with Crippen molar-refractivity contribution in [1.82, 2.24) is 19.9 Å². The molecule has 1 saturated heterocycles. The predicted octanol–water partition coefficient (Wildman–Crippen LogP) is 2.35. The zero-order valence-corrected chi connectivity index (χ0v) is 14.5. The van der Waals surface area contributed by atoms with Crippen LogP contribution < -0.4 is 9.64 Å². The summed E-state index contributed by atoms with van der Waals surface area (Å²) in [6, 6.07) is 0. The Morgan fingerprint density at radius 3 is 2.43 bits per heavy atom. The molecule has 3 atom stereocenters. The van der Waals surface area contributed by atoms with E-state index in [0.29, 0.717) is 23.6 Å². The van der Waals surface area contributed by atoms with Gasteiger partial charge < -0.3 is 9.64 Å². The monoisotopic (exact) mass is 375 g/mol. The third-order valence-electron chi connectivity index (χ3n) is 4.77. The van der Waals surface area contributed by atoms with E-state index in [9.17, 15) is 0 Å². The maximum absolute atomic E-state index is 5.75. The van der Waals surface area contributed by atoms with Crippen LogP contribution in [0, 0.1) is 17.8 Å². The molecule has 0 amide bonds. The first kappa shape index (κ1) is 14.8. The van der Waals surface area contributed by atoms with E-state index in [1.54, 1.807) is 12.4 Å². The molecule has 2 fully saturated rings. The number of aromatic nitrogens is 4. The minimum Gasteiger partial charge on any atom is -0.476 e. The summed E-state index contributed by atoms with van der Waals surface area (Å²) in [4.78, 5) is 19.5. The number of hydrogen-bond acceptors (Lipinski definition) is 6. The molecule has 2 aromatic rings. The minimum absolute atomic E-state index is 0.591. The lowest BCUT2D eigenvalue weighted by Gasteiger charge is -2.19. The van der Waals surface area contributed by atoms with Crippen molar-refractivity contribution in [2.75, 3.05) is 24.6 Å². The number of rotatable bonds is 5. The van der Waals surface area contributed by atoms with Crippen LogP contribution in [0.25, 0.3) is 0 Å². The zero-order chi connectivity index (χ0) is 15.8. The smallest absolute Gasteiger partial charge is 0.232 e. The Bertz CT molecular complexity index is 666. The second kappa shape index (κ2) is 6.03. The number of piperidine rings is 1. The Labute approximate surface area is 143 Å². The highest BCUT2D eigenvalue weighted by atomic mass is 79.9. The molecule has 6 nitrogen and oxygen atoms in total. The summed E-state index contributed by atoms with van der Waals surface area (Å²) in [5, 5.41) is 0. The summed E-state index contributed by atoms with van der Waals surface area (Å²) in [7, 11) is 0. The first-order valence-electron chi connectivity index (χ1n) is 7.91. The molecule has 1 aliphatic heterocycles. The maximum Gasteiger partial charge on any atom is 0.232 e. The Kier molecular flexibility index (Phi) is 3.88. The summed E-state index contributed by atoms with van der Waals surface area (Å²) < 4.78 is 6.47. The zero-order valence-electron chi connectivity index (χ0n) is 12.9. The van der Waals surface area contributed by atoms with Crippen LogP contribution in [0.1, 0.15) is 12.5 Å². The van der Waals surface area contributed by atoms with Gasteiger partial charge in [-0.1, -0.05) is 6.92 Å². The first-order valence-corrected chi connectivity index (χ1v) is 8.70. The van der Waals surface area contributed by atoms with Gasteiger partial charge in [-0.2, -0.15) is 0 Å². The van der Waals surface area contributed by atoms with E-state index in [2.05, 4.69) is 47.7 Å². The molecule has 0 aromatic carbocycles. The van der Waals surface area contributed by atoms with Crippen molar-refractivity contribution >= 4 is 21.9 Å². The molecule has 2 aliphatic rings. The van der Waals surface area contributed by atoms with Crippen LogP contribution in [0.15, 0.2) is 29.4 Å². The molecule has 120 valence electrons. The fourth-order valence-electron chi connectivity index (χ4n) is 3.31. The van der Waals surface area contributed by atoms with Gasteiger partial charge in [0.2, 0.25) is 11.8 Å². The molecular weight excluding hydrogens is 358 g/mol. The van der Waals surface area contributed by atoms with E-state index in [1.807, 2.05) is 12.4 Å². The summed E-state index contributed by atoms with van der Waals surface area (Å²) in [5.74, 6) is 3.44. The molecule has 0 bridgehead atoms. The average Bonchev–Trinajstić information content (AvgIpc) is 3.04. The van der Waals surface area contributed by atoms with Gasteiger partial charge in [-0.3, -0.25) is 0 Å². The van der Waals surface area contributed by atoms with Crippen molar-refractivity contribution in [1.29, 1.82) is 0 Å². The molecule has 0 N–H and O–H groups in total. The molecular formula is C16H18BrN5O. The fraction of sp³-hybridized carbons (Fsp3) is 0.500. The van der Waals surface area contributed by atoms with Gasteiger partial charge in [-0.25, -0.2) is 19.9 Å².